The molecule has 0 bridgehead atoms. The Morgan fingerprint density at radius 2 is 1.39 bits per heavy atom. The summed E-state index contributed by atoms with van der Waals surface area (Å²) in [5, 5.41) is 13.8. The van der Waals surface area contributed by atoms with E-state index in [1.54, 1.807) is 0 Å². The molecule has 0 radical (unpaired) electrons. The standard InChI is InChI=1S/C23H44NO4/c1-5-23(24(26)22(2,3)20-28-23)19-17-15-13-11-9-7-6-8-10-12-14-16-18-21(25)27-4/h5-20H2,1-4H3/q-1. The van der Waals surface area contributed by atoms with Gasteiger partial charge in [-0.15, -0.1) is 0 Å². The number of nitrogens with zero attached hydrogens (tertiary/aromatic N) is 1. The molecule has 1 rings (SSSR count). The van der Waals surface area contributed by atoms with Gasteiger partial charge in [0.1, 0.15) is 5.72 Å². The number of carbonyl (C=O) groups excluding carboxylic acids is 1. The molecule has 1 unspecified atom stereocenters. The molecule has 28 heavy (non-hydrogen) atoms. The highest BCUT2D eigenvalue weighted by molar-refractivity contribution is 5.68. The van der Waals surface area contributed by atoms with Crippen molar-refractivity contribution in [2.45, 2.75) is 128 Å². The van der Waals surface area contributed by atoms with Crippen molar-refractivity contribution in [3.05, 3.63) is 5.21 Å². The highest BCUT2D eigenvalue weighted by atomic mass is 16.6. The maximum absolute atomic E-state index is 12.5. The van der Waals surface area contributed by atoms with Gasteiger partial charge in [-0.3, -0.25) is 4.79 Å². The predicted octanol–water partition coefficient (Wildman–Crippen LogP) is 6.34. The molecule has 1 heterocycles. The fourth-order valence-electron chi connectivity index (χ4n) is 4.12. The van der Waals surface area contributed by atoms with Crippen molar-refractivity contribution < 1.29 is 14.3 Å². The normalized spacial score (nSPS) is 21.9. The van der Waals surface area contributed by atoms with Gasteiger partial charge in [0.25, 0.3) is 0 Å². The van der Waals surface area contributed by atoms with Crippen molar-refractivity contribution in [2.24, 2.45) is 0 Å². The van der Waals surface area contributed by atoms with Crippen LogP contribution in [-0.4, -0.2) is 36.0 Å². The van der Waals surface area contributed by atoms with Gasteiger partial charge in [-0.2, -0.15) is 0 Å². The fourth-order valence-corrected chi connectivity index (χ4v) is 4.12. The molecule has 0 aliphatic carbocycles. The lowest BCUT2D eigenvalue weighted by molar-refractivity contribution is -0.140. The van der Waals surface area contributed by atoms with Gasteiger partial charge in [-0.25, -0.2) is 0 Å². The first-order valence-corrected chi connectivity index (χ1v) is 11.6. The second-order valence-electron chi connectivity index (χ2n) is 9.01. The zero-order valence-electron chi connectivity index (χ0n) is 18.9. The van der Waals surface area contributed by atoms with Crippen LogP contribution >= 0.6 is 0 Å². The first kappa shape index (κ1) is 25.4. The minimum absolute atomic E-state index is 0.0881. The Hall–Kier alpha value is -0.650. The third-order valence-electron chi connectivity index (χ3n) is 6.09. The van der Waals surface area contributed by atoms with Crippen molar-refractivity contribution in [3.8, 4) is 0 Å². The van der Waals surface area contributed by atoms with Crippen LogP contribution in [0.4, 0.5) is 0 Å². The largest absolute Gasteiger partial charge is 0.783 e. The summed E-state index contributed by atoms with van der Waals surface area (Å²) in [6.45, 7) is 6.54. The van der Waals surface area contributed by atoms with Gasteiger partial charge in [-0.1, -0.05) is 71.1 Å². The summed E-state index contributed by atoms with van der Waals surface area (Å²) in [5.41, 5.74) is -0.974. The third-order valence-corrected chi connectivity index (χ3v) is 6.09. The molecule has 0 aromatic carbocycles. The third kappa shape index (κ3) is 8.79. The number of carbonyl (C=O) groups is 1. The number of methoxy groups -OCH3 is 1. The predicted molar refractivity (Wildman–Crippen MR) is 115 cm³/mol. The van der Waals surface area contributed by atoms with Gasteiger partial charge in [0, 0.05) is 12.0 Å². The molecule has 166 valence electrons. The van der Waals surface area contributed by atoms with Crippen LogP contribution in [0.15, 0.2) is 0 Å². The summed E-state index contributed by atoms with van der Waals surface area (Å²) >= 11 is 0. The lowest BCUT2D eigenvalue weighted by Gasteiger charge is -2.47. The summed E-state index contributed by atoms with van der Waals surface area (Å²) in [6.07, 6.45) is 16.9. The van der Waals surface area contributed by atoms with Crippen LogP contribution in [0.1, 0.15) is 117 Å². The van der Waals surface area contributed by atoms with E-state index in [1.807, 2.05) is 13.8 Å². The monoisotopic (exact) mass is 398 g/mol. The summed E-state index contributed by atoms with van der Waals surface area (Å²) in [7, 11) is 1.45. The van der Waals surface area contributed by atoms with Crippen LogP contribution in [0.25, 0.3) is 0 Å². The van der Waals surface area contributed by atoms with E-state index in [4.69, 9.17) is 4.74 Å². The van der Waals surface area contributed by atoms with Crippen LogP contribution < -0.4 is 0 Å². The van der Waals surface area contributed by atoms with Crippen LogP contribution in [0.2, 0.25) is 0 Å². The zero-order chi connectivity index (χ0) is 20.9. The van der Waals surface area contributed by atoms with E-state index in [2.05, 4.69) is 11.7 Å². The fraction of sp³-hybridized carbons (Fsp3) is 0.957. The number of ether oxygens (including phenoxy) is 2. The molecular formula is C23H44NO4-. The van der Waals surface area contributed by atoms with Gasteiger partial charge in [0.15, 0.2) is 0 Å². The number of esters is 1. The van der Waals surface area contributed by atoms with Crippen molar-refractivity contribution >= 4 is 5.97 Å². The molecule has 1 atom stereocenters. The molecule has 0 aromatic heterocycles. The molecule has 1 aliphatic rings. The first-order valence-electron chi connectivity index (χ1n) is 11.6. The Labute approximate surface area is 173 Å². The average Bonchev–Trinajstić information content (AvgIpc) is 2.92. The highest BCUT2D eigenvalue weighted by Crippen LogP contribution is 2.39. The first-order chi connectivity index (χ1) is 13.4. The molecule has 5 heteroatoms. The van der Waals surface area contributed by atoms with Gasteiger partial charge < -0.3 is 19.7 Å². The number of hydrogen-bond acceptors (Lipinski definition) is 5. The molecule has 0 N–H and O–H groups in total. The zero-order valence-corrected chi connectivity index (χ0v) is 18.9. The van der Waals surface area contributed by atoms with Gasteiger partial charge in [-0.05, 0) is 39.5 Å². The smallest absolute Gasteiger partial charge is 0.305 e. The lowest BCUT2D eigenvalue weighted by Crippen LogP contribution is -2.48. The van der Waals surface area contributed by atoms with E-state index in [9.17, 15) is 10.0 Å². The Kier molecular flexibility index (Phi) is 12.3. The van der Waals surface area contributed by atoms with Crippen molar-refractivity contribution in [3.63, 3.8) is 0 Å². The molecule has 1 aliphatic heterocycles. The van der Waals surface area contributed by atoms with Gasteiger partial charge in [0.05, 0.1) is 13.7 Å². The number of rotatable bonds is 16. The van der Waals surface area contributed by atoms with Crippen LogP contribution in [0, 0.1) is 5.21 Å². The van der Waals surface area contributed by atoms with Crippen LogP contribution in [-0.2, 0) is 14.3 Å². The minimum Gasteiger partial charge on any atom is -0.783 e. The summed E-state index contributed by atoms with van der Waals surface area (Å²) in [6, 6.07) is 0. The molecule has 0 aromatic rings. The van der Waals surface area contributed by atoms with E-state index in [-0.39, 0.29) is 5.97 Å². The van der Waals surface area contributed by atoms with E-state index >= 15 is 0 Å². The van der Waals surface area contributed by atoms with E-state index in [0.29, 0.717) is 13.0 Å². The van der Waals surface area contributed by atoms with Crippen LogP contribution in [0.3, 0.4) is 0 Å². The maximum Gasteiger partial charge on any atom is 0.305 e. The average molecular weight is 399 g/mol. The van der Waals surface area contributed by atoms with Crippen molar-refractivity contribution in [1.29, 1.82) is 0 Å². The SMILES string of the molecule is CCC1(CCCCCCCCCCCCCCC(=O)OC)OCC(C)(C)N1[O-]. The molecular weight excluding hydrogens is 354 g/mol. The topological polar surface area (TPSA) is 61.8 Å². The second kappa shape index (κ2) is 13.6. The number of hydrogen-bond donors (Lipinski definition) is 0. The van der Waals surface area contributed by atoms with Crippen LogP contribution in [0.5, 0.6) is 0 Å². The molecule has 0 saturated carbocycles. The number of hydroxylamine groups is 2. The second-order valence-corrected chi connectivity index (χ2v) is 9.01. The van der Waals surface area contributed by atoms with Crippen molar-refractivity contribution in [1.82, 2.24) is 5.06 Å². The van der Waals surface area contributed by atoms with Gasteiger partial charge in [0.2, 0.25) is 0 Å². The van der Waals surface area contributed by atoms with Crippen molar-refractivity contribution in [2.75, 3.05) is 13.7 Å². The Balaban J connectivity index is 1.91. The summed E-state index contributed by atoms with van der Waals surface area (Å²) in [5.74, 6) is -0.0881. The minimum atomic E-state index is -0.583. The maximum atomic E-state index is 12.5. The highest BCUT2D eigenvalue weighted by Gasteiger charge is 2.44. The lowest BCUT2D eigenvalue weighted by atomic mass is 9.98. The van der Waals surface area contributed by atoms with E-state index < -0.39 is 11.3 Å². The summed E-state index contributed by atoms with van der Waals surface area (Å²) < 4.78 is 10.6. The molecule has 5 nitrogen and oxygen atoms in total. The Bertz CT molecular complexity index is 427. The molecule has 1 saturated heterocycles. The molecule has 0 amide bonds. The molecule has 1 fully saturated rings. The van der Waals surface area contributed by atoms with E-state index in [0.717, 1.165) is 32.1 Å². The van der Waals surface area contributed by atoms with Gasteiger partial charge >= 0.3 is 5.97 Å². The summed E-state index contributed by atoms with van der Waals surface area (Å²) in [4.78, 5) is 11.0. The molecule has 0 spiro atoms. The Morgan fingerprint density at radius 3 is 1.79 bits per heavy atom. The van der Waals surface area contributed by atoms with E-state index in [1.165, 1.54) is 70.0 Å². The Morgan fingerprint density at radius 1 is 0.929 bits per heavy atom. The number of unbranched alkanes of at least 4 members (excludes halogenated alkanes) is 11. The quantitative estimate of drug-likeness (QED) is 0.224.